The summed E-state index contributed by atoms with van der Waals surface area (Å²) in [5.41, 5.74) is 11.2. The van der Waals surface area contributed by atoms with Gasteiger partial charge in [-0.25, -0.2) is 0 Å². The maximum absolute atomic E-state index is 12.3. The second kappa shape index (κ2) is 31.9. The number of ether oxygens (including phenoxy) is 10. The van der Waals surface area contributed by atoms with Gasteiger partial charge in [0.05, 0.1) is 98.5 Å². The van der Waals surface area contributed by atoms with Crippen molar-refractivity contribution in [3.63, 3.8) is 0 Å². The van der Waals surface area contributed by atoms with Crippen LogP contribution in [0.1, 0.15) is 26.2 Å². The van der Waals surface area contributed by atoms with Crippen LogP contribution in [0.4, 0.5) is 0 Å². The number of aliphatic hydroxyl groups is 6. The molecule has 356 valence electrons. The van der Waals surface area contributed by atoms with Crippen LogP contribution in [0.5, 0.6) is 0 Å². The van der Waals surface area contributed by atoms with Crippen LogP contribution >= 0.6 is 0 Å². The van der Waals surface area contributed by atoms with Crippen LogP contribution < -0.4 is 27.4 Å². The molecule has 0 bridgehead atoms. The highest BCUT2D eigenvalue weighted by Gasteiger charge is 2.45. The molecule has 2 saturated heterocycles. The molecule has 2 aliphatic rings. The van der Waals surface area contributed by atoms with E-state index in [0.29, 0.717) is 19.4 Å². The van der Waals surface area contributed by atoms with Gasteiger partial charge < -0.3 is 105 Å². The Morgan fingerprint density at radius 3 is 1.59 bits per heavy atom. The fraction of sp³-hybridized carbons (Fsp3) is 0.889. The molecule has 4 amide bonds. The molecule has 11 atom stereocenters. The van der Waals surface area contributed by atoms with Crippen LogP contribution in [0.15, 0.2) is 0 Å². The van der Waals surface area contributed by atoms with E-state index < -0.39 is 98.3 Å². The lowest BCUT2D eigenvalue weighted by Gasteiger charge is -2.42. The maximum atomic E-state index is 12.3. The Kier molecular flexibility index (Phi) is 28.5. The SMILES string of the molecule is CC(=O)N[C@H]1[C@H](OCCOCCOCCOCC(=O)NC(CCCCNC(=O)COCCOCCOCCO[C@@H]2O[C@H](CO)[C@H](O)[C@H](O)[C@H]2N)C(N)=O)O[C@H](CO)[C@H](O)[C@@H]1O. The van der Waals surface area contributed by atoms with Crippen LogP contribution in [-0.2, 0) is 66.5 Å². The summed E-state index contributed by atoms with van der Waals surface area (Å²) in [4.78, 5) is 47.6. The van der Waals surface area contributed by atoms with Crippen molar-refractivity contribution in [1.29, 1.82) is 0 Å². The van der Waals surface area contributed by atoms with Crippen LogP contribution in [0.2, 0.25) is 0 Å². The van der Waals surface area contributed by atoms with Crippen molar-refractivity contribution in [2.45, 2.75) is 93.5 Å². The summed E-state index contributed by atoms with van der Waals surface area (Å²) in [5.74, 6) is -2.04. The predicted molar refractivity (Wildman–Crippen MR) is 206 cm³/mol. The minimum atomic E-state index is -1.41. The topological polar surface area (TPSA) is 370 Å². The quantitative estimate of drug-likeness (QED) is 0.0267. The molecule has 1 unspecified atom stereocenters. The number of hydrogen-bond acceptors (Lipinski definition) is 21. The molecular formula is C36H67N5O20. The summed E-state index contributed by atoms with van der Waals surface area (Å²) in [6.45, 7) is 1.99. The lowest BCUT2D eigenvalue weighted by Crippen LogP contribution is -2.64. The van der Waals surface area contributed by atoms with Gasteiger partial charge in [0, 0.05) is 13.5 Å². The molecule has 0 aromatic rings. The minimum Gasteiger partial charge on any atom is -0.394 e. The van der Waals surface area contributed by atoms with Crippen molar-refractivity contribution in [3.05, 3.63) is 0 Å². The summed E-state index contributed by atoms with van der Waals surface area (Å²) < 4.78 is 54.0. The fourth-order valence-corrected chi connectivity index (χ4v) is 5.80. The highest BCUT2D eigenvalue weighted by atomic mass is 16.7. The second-order valence-electron chi connectivity index (χ2n) is 13.9. The smallest absolute Gasteiger partial charge is 0.246 e. The van der Waals surface area contributed by atoms with Gasteiger partial charge in [-0.05, 0) is 19.3 Å². The summed E-state index contributed by atoms with van der Waals surface area (Å²) in [6, 6.07) is -2.95. The van der Waals surface area contributed by atoms with Crippen molar-refractivity contribution in [2.24, 2.45) is 11.5 Å². The number of nitrogens with two attached hydrogens (primary N) is 2. The zero-order valence-corrected chi connectivity index (χ0v) is 34.5. The molecule has 2 fully saturated rings. The third-order valence-electron chi connectivity index (χ3n) is 9.07. The maximum Gasteiger partial charge on any atom is 0.246 e. The Morgan fingerprint density at radius 1 is 0.623 bits per heavy atom. The van der Waals surface area contributed by atoms with Gasteiger partial charge in [0.15, 0.2) is 12.6 Å². The molecule has 0 saturated carbocycles. The summed E-state index contributed by atoms with van der Waals surface area (Å²) >= 11 is 0. The van der Waals surface area contributed by atoms with Crippen molar-refractivity contribution in [3.8, 4) is 0 Å². The molecule has 2 heterocycles. The highest BCUT2D eigenvalue weighted by molar-refractivity contribution is 5.87. The Morgan fingerprint density at radius 2 is 1.08 bits per heavy atom. The summed E-state index contributed by atoms with van der Waals surface area (Å²) in [6.07, 6.45) is -8.40. The molecule has 61 heavy (non-hydrogen) atoms. The number of aliphatic hydroxyl groups excluding tert-OH is 6. The van der Waals surface area contributed by atoms with Crippen molar-refractivity contribution < 1.29 is 97.2 Å². The third kappa shape index (κ3) is 21.9. The van der Waals surface area contributed by atoms with E-state index in [0.717, 1.165) is 0 Å². The number of rotatable bonds is 34. The minimum absolute atomic E-state index is 0.0168. The van der Waals surface area contributed by atoms with Crippen molar-refractivity contribution in [1.82, 2.24) is 16.0 Å². The van der Waals surface area contributed by atoms with Gasteiger partial charge in [-0.3, -0.25) is 19.2 Å². The van der Waals surface area contributed by atoms with E-state index in [1.807, 2.05) is 0 Å². The van der Waals surface area contributed by atoms with Gasteiger partial charge in [-0.2, -0.15) is 0 Å². The Bertz CT molecular complexity index is 1230. The molecule has 0 aromatic carbocycles. The molecule has 0 aliphatic carbocycles. The highest BCUT2D eigenvalue weighted by Crippen LogP contribution is 2.22. The van der Waals surface area contributed by atoms with Crippen molar-refractivity contribution >= 4 is 23.6 Å². The van der Waals surface area contributed by atoms with Crippen molar-refractivity contribution in [2.75, 3.05) is 112 Å². The monoisotopic (exact) mass is 889 g/mol. The van der Waals surface area contributed by atoms with E-state index in [1.165, 1.54) is 6.92 Å². The Balaban J connectivity index is 1.39. The largest absolute Gasteiger partial charge is 0.394 e. The standard InChI is InChI=1S/C36H67N5O20/c1-22(44)40-29-33(50)31(48)25(19-43)61-36(29)59-17-15-55-9-7-53-11-13-57-21-27(46)41-23(34(38)51)4-2-3-5-39-26(45)20-56-12-10-52-6-8-54-14-16-58-35-28(37)32(49)30(47)24(18-42)60-35/h23-25,28-33,35-36,42-43,47-50H,2-21,37H2,1H3,(H2,38,51)(H,39,45)(H,40,44)(H,41,46)/t23?,24-,25-,28-,29-,30+,31+,32-,33-,35-,36-/m1/s1. The number of nitrogens with one attached hydrogen (secondary N) is 3. The molecule has 13 N–H and O–H groups in total. The molecule has 25 heteroatoms. The van der Waals surface area contributed by atoms with E-state index in [4.69, 9.17) is 58.8 Å². The average molecular weight is 890 g/mol. The number of hydrogen-bond donors (Lipinski definition) is 11. The van der Waals surface area contributed by atoms with E-state index in [2.05, 4.69) is 16.0 Å². The average Bonchev–Trinajstić information content (AvgIpc) is 3.23. The Hall–Kier alpha value is -2.80. The lowest BCUT2D eigenvalue weighted by molar-refractivity contribution is -0.272. The van der Waals surface area contributed by atoms with Crippen LogP contribution in [-0.4, -0.2) is 234 Å². The van der Waals surface area contributed by atoms with E-state index in [1.54, 1.807) is 0 Å². The first-order valence-corrected chi connectivity index (χ1v) is 20.1. The van der Waals surface area contributed by atoms with Gasteiger partial charge in [0.25, 0.3) is 0 Å². The van der Waals surface area contributed by atoms with Gasteiger partial charge in [0.1, 0.15) is 61.9 Å². The third-order valence-corrected chi connectivity index (χ3v) is 9.07. The number of carbonyl (C=O) groups excluding carboxylic acids is 4. The zero-order valence-electron chi connectivity index (χ0n) is 34.5. The number of carbonyl (C=O) groups is 4. The molecule has 2 aliphatic heterocycles. The molecule has 0 radical (unpaired) electrons. The first-order chi connectivity index (χ1) is 29.3. The zero-order chi connectivity index (χ0) is 45.0. The summed E-state index contributed by atoms with van der Waals surface area (Å²) in [7, 11) is 0. The van der Waals surface area contributed by atoms with Crippen LogP contribution in [0, 0.1) is 0 Å². The van der Waals surface area contributed by atoms with E-state index in [-0.39, 0.29) is 105 Å². The Labute approximate surface area is 353 Å². The molecule has 0 spiro atoms. The van der Waals surface area contributed by atoms with Crippen LogP contribution in [0.3, 0.4) is 0 Å². The normalized spacial score (nSPS) is 27.0. The second-order valence-corrected chi connectivity index (χ2v) is 13.9. The predicted octanol–water partition coefficient (Wildman–Crippen LogP) is -6.91. The molecular weight excluding hydrogens is 822 g/mol. The fourth-order valence-electron chi connectivity index (χ4n) is 5.80. The lowest BCUT2D eigenvalue weighted by atomic mass is 9.97. The first kappa shape index (κ1) is 54.3. The van der Waals surface area contributed by atoms with E-state index in [9.17, 15) is 49.8 Å². The van der Waals surface area contributed by atoms with E-state index >= 15 is 0 Å². The van der Waals surface area contributed by atoms with Gasteiger partial charge in [-0.15, -0.1) is 0 Å². The molecule has 25 nitrogen and oxygen atoms in total. The van der Waals surface area contributed by atoms with Gasteiger partial charge in [-0.1, -0.05) is 0 Å². The van der Waals surface area contributed by atoms with Gasteiger partial charge >= 0.3 is 0 Å². The first-order valence-electron chi connectivity index (χ1n) is 20.1. The number of primary amides is 1. The van der Waals surface area contributed by atoms with Crippen LogP contribution in [0.25, 0.3) is 0 Å². The molecule has 0 aromatic heterocycles. The van der Waals surface area contributed by atoms with Gasteiger partial charge in [0.2, 0.25) is 23.6 Å². The summed E-state index contributed by atoms with van der Waals surface area (Å²) in [5, 5.41) is 66.4. The number of amides is 4. The molecule has 2 rings (SSSR count). The number of unbranched alkanes of at least 4 members (excludes halogenated alkanes) is 1.